The molecule has 0 saturated carbocycles. The third-order valence-corrected chi connectivity index (χ3v) is 7.95. The summed E-state index contributed by atoms with van der Waals surface area (Å²) in [5.74, 6) is 1.27. The van der Waals surface area contributed by atoms with E-state index in [1.807, 2.05) is 30.3 Å². The number of ether oxygens (including phenoxy) is 1. The molecule has 2 aromatic carbocycles. The molecule has 0 spiro atoms. The summed E-state index contributed by atoms with van der Waals surface area (Å²) >= 11 is 0. The first-order chi connectivity index (χ1) is 20.7. The number of H-pyrrole nitrogens is 1. The number of carbonyl (C=O) groups is 2. The van der Waals surface area contributed by atoms with Gasteiger partial charge in [-0.3, -0.25) is 14.7 Å². The Balaban J connectivity index is 1.32. The predicted octanol–water partition coefficient (Wildman–Crippen LogP) is 4.34. The Hall–Kier alpha value is -4.58. The largest absolute Gasteiger partial charge is 0.378 e. The molecule has 12 heteroatoms. The molecule has 3 N–H and O–H groups in total. The summed E-state index contributed by atoms with van der Waals surface area (Å²) in [4.78, 5) is 35.5. The van der Waals surface area contributed by atoms with Gasteiger partial charge >= 0.3 is 0 Å². The van der Waals surface area contributed by atoms with Crippen LogP contribution in [0.4, 0.5) is 0 Å². The topological polar surface area (TPSA) is 153 Å². The Morgan fingerprint density at radius 1 is 1.16 bits per heavy atom. The lowest BCUT2D eigenvalue weighted by molar-refractivity contribution is -0.122. The maximum atomic E-state index is 13.5. The predicted molar refractivity (Wildman–Crippen MR) is 160 cm³/mol. The minimum absolute atomic E-state index is 0.115. The summed E-state index contributed by atoms with van der Waals surface area (Å²) in [5.41, 5.74) is 3.40. The molecule has 43 heavy (non-hydrogen) atoms. The van der Waals surface area contributed by atoms with Crippen LogP contribution in [0.2, 0.25) is 0 Å². The van der Waals surface area contributed by atoms with Gasteiger partial charge in [0.1, 0.15) is 5.82 Å². The van der Waals surface area contributed by atoms with E-state index in [-0.39, 0.29) is 42.3 Å². The highest BCUT2D eigenvalue weighted by molar-refractivity contribution is 5.98. The average molecular weight is 585 g/mol. The number of nitrogens with one attached hydrogen (secondary N) is 3. The first-order valence-electron chi connectivity index (χ1n) is 14.6. The van der Waals surface area contributed by atoms with Gasteiger partial charge in [0.2, 0.25) is 11.8 Å². The smallest absolute Gasteiger partial charge is 0.251 e. The first kappa shape index (κ1) is 28.5. The normalized spacial score (nSPS) is 16.1. The number of benzene rings is 2. The number of hydrogen-bond acceptors (Lipinski definition) is 8. The summed E-state index contributed by atoms with van der Waals surface area (Å²) < 4.78 is 13.1. The molecule has 0 aliphatic carbocycles. The number of amides is 2. The fourth-order valence-electron chi connectivity index (χ4n) is 5.63. The molecule has 2 amide bonds. The van der Waals surface area contributed by atoms with Crippen molar-refractivity contribution in [2.75, 3.05) is 13.7 Å². The van der Waals surface area contributed by atoms with Gasteiger partial charge in [0.25, 0.3) is 5.91 Å². The van der Waals surface area contributed by atoms with E-state index in [4.69, 9.17) is 14.2 Å². The number of rotatable bonds is 9. The van der Waals surface area contributed by atoms with Gasteiger partial charge in [0.15, 0.2) is 5.82 Å². The molecule has 1 aliphatic heterocycles. The Kier molecular flexibility index (Phi) is 7.70. The quantitative estimate of drug-likeness (QED) is 0.231. The number of carbonyl (C=O) groups excluding carboxylic acids is 2. The Morgan fingerprint density at radius 2 is 2.02 bits per heavy atom. The molecule has 5 aromatic rings. The van der Waals surface area contributed by atoms with Crippen molar-refractivity contribution >= 4 is 33.8 Å². The van der Waals surface area contributed by atoms with Gasteiger partial charge in [-0.25, -0.2) is 4.98 Å². The molecule has 1 unspecified atom stereocenters. The van der Waals surface area contributed by atoms with E-state index in [0.717, 1.165) is 46.9 Å². The SMILES string of the molecule is CNC(=O)c1ccc2nc(-c3ccc4cn[nH]c4c3)n([C@@H](CC(=O)NCc3nc(CC4CCCO4)no3)C(C)(C)C)c2c1. The minimum Gasteiger partial charge on any atom is -0.378 e. The van der Waals surface area contributed by atoms with E-state index in [2.05, 4.69) is 56.3 Å². The van der Waals surface area contributed by atoms with Crippen LogP contribution < -0.4 is 10.6 Å². The number of aromatic amines is 1. The van der Waals surface area contributed by atoms with Crippen LogP contribution in [0.15, 0.2) is 47.1 Å². The Labute approximate surface area is 248 Å². The van der Waals surface area contributed by atoms with Crippen molar-refractivity contribution in [1.82, 2.24) is 40.5 Å². The van der Waals surface area contributed by atoms with E-state index in [1.54, 1.807) is 19.3 Å². The molecule has 224 valence electrons. The number of aromatic nitrogens is 6. The Bertz CT molecular complexity index is 1770. The summed E-state index contributed by atoms with van der Waals surface area (Å²) in [7, 11) is 1.60. The number of imidazole rings is 1. The van der Waals surface area contributed by atoms with Crippen LogP contribution in [0.5, 0.6) is 0 Å². The number of fused-ring (bicyclic) bond motifs is 2. The van der Waals surface area contributed by atoms with Crippen LogP contribution in [0.25, 0.3) is 33.3 Å². The second-order valence-electron chi connectivity index (χ2n) is 12.1. The van der Waals surface area contributed by atoms with Crippen LogP contribution >= 0.6 is 0 Å². The van der Waals surface area contributed by atoms with Gasteiger partial charge in [-0.2, -0.15) is 10.1 Å². The van der Waals surface area contributed by atoms with Crippen LogP contribution in [-0.4, -0.2) is 61.5 Å². The summed E-state index contributed by atoms with van der Waals surface area (Å²) in [6.07, 6.45) is 4.68. The fourth-order valence-corrected chi connectivity index (χ4v) is 5.63. The molecule has 2 atom stereocenters. The Morgan fingerprint density at radius 3 is 2.79 bits per heavy atom. The maximum Gasteiger partial charge on any atom is 0.251 e. The molecule has 1 fully saturated rings. The molecule has 0 radical (unpaired) electrons. The average Bonchev–Trinajstić information content (AvgIpc) is 3.80. The van der Waals surface area contributed by atoms with Gasteiger partial charge in [0, 0.05) is 49.1 Å². The van der Waals surface area contributed by atoms with Gasteiger partial charge in [-0.05, 0) is 42.5 Å². The van der Waals surface area contributed by atoms with E-state index in [0.29, 0.717) is 29.5 Å². The van der Waals surface area contributed by atoms with Gasteiger partial charge in [-0.15, -0.1) is 0 Å². The van der Waals surface area contributed by atoms with E-state index in [9.17, 15) is 9.59 Å². The van der Waals surface area contributed by atoms with Crippen LogP contribution in [-0.2, 0) is 22.5 Å². The van der Waals surface area contributed by atoms with Crippen molar-refractivity contribution in [3.8, 4) is 11.4 Å². The summed E-state index contributed by atoms with van der Waals surface area (Å²) in [5, 5.41) is 17.9. The molecular formula is C31H36N8O4. The van der Waals surface area contributed by atoms with Gasteiger partial charge in [0.05, 0.1) is 35.4 Å². The highest BCUT2D eigenvalue weighted by Gasteiger charge is 2.33. The van der Waals surface area contributed by atoms with Crippen molar-refractivity contribution in [1.29, 1.82) is 0 Å². The third kappa shape index (κ3) is 6.00. The molecule has 6 rings (SSSR count). The molecular weight excluding hydrogens is 548 g/mol. The third-order valence-electron chi connectivity index (χ3n) is 7.95. The van der Waals surface area contributed by atoms with E-state index < -0.39 is 0 Å². The van der Waals surface area contributed by atoms with Crippen molar-refractivity contribution in [2.45, 2.75) is 65.1 Å². The van der Waals surface area contributed by atoms with E-state index >= 15 is 0 Å². The zero-order valence-corrected chi connectivity index (χ0v) is 24.8. The van der Waals surface area contributed by atoms with Crippen molar-refractivity contribution in [3.05, 3.63) is 59.9 Å². The van der Waals surface area contributed by atoms with Crippen molar-refractivity contribution in [2.24, 2.45) is 5.41 Å². The zero-order chi connectivity index (χ0) is 30.1. The monoisotopic (exact) mass is 584 g/mol. The molecule has 4 heterocycles. The van der Waals surface area contributed by atoms with Gasteiger partial charge in [-0.1, -0.05) is 38.1 Å². The maximum absolute atomic E-state index is 13.5. The number of nitrogens with zero attached hydrogens (tertiary/aromatic N) is 5. The standard InChI is InChI=1S/C31H36N8O4/c1-31(2,3)25(15-27(40)33-17-28-36-26(38-43-28)14-21-6-5-11-42-21)39-24-13-19(30(41)32-4)9-10-22(24)35-29(39)18-7-8-20-16-34-37-23(20)12-18/h7-10,12-13,16,21,25H,5-6,11,14-15,17H2,1-4H3,(H,32,41)(H,33,40)(H,34,37)/t21?,25-/m0/s1. The highest BCUT2D eigenvalue weighted by atomic mass is 16.5. The molecule has 3 aromatic heterocycles. The molecule has 1 aliphatic rings. The number of hydrogen-bond donors (Lipinski definition) is 3. The van der Waals surface area contributed by atoms with Crippen molar-refractivity contribution < 1.29 is 18.8 Å². The lowest BCUT2D eigenvalue weighted by Gasteiger charge is -2.33. The minimum atomic E-state index is -0.361. The lowest BCUT2D eigenvalue weighted by atomic mass is 9.84. The van der Waals surface area contributed by atoms with Gasteiger partial charge < -0.3 is 24.5 Å². The van der Waals surface area contributed by atoms with Crippen LogP contribution in [0, 0.1) is 5.41 Å². The van der Waals surface area contributed by atoms with Crippen LogP contribution in [0.3, 0.4) is 0 Å². The fraction of sp³-hybridized carbons (Fsp3) is 0.419. The summed E-state index contributed by atoms with van der Waals surface area (Å²) in [6, 6.07) is 11.1. The van der Waals surface area contributed by atoms with Crippen LogP contribution in [0.1, 0.15) is 68.1 Å². The molecule has 0 bridgehead atoms. The highest BCUT2D eigenvalue weighted by Crippen LogP contribution is 2.40. The van der Waals surface area contributed by atoms with E-state index in [1.165, 1.54) is 0 Å². The molecule has 12 nitrogen and oxygen atoms in total. The molecule has 1 saturated heterocycles. The lowest BCUT2D eigenvalue weighted by Crippen LogP contribution is -2.32. The zero-order valence-electron chi connectivity index (χ0n) is 24.8. The summed E-state index contributed by atoms with van der Waals surface area (Å²) in [6.45, 7) is 7.17. The van der Waals surface area contributed by atoms with Crippen molar-refractivity contribution in [3.63, 3.8) is 0 Å². The first-order valence-corrected chi connectivity index (χ1v) is 14.6. The second kappa shape index (κ2) is 11.6. The second-order valence-corrected chi connectivity index (χ2v) is 12.1.